The lowest BCUT2D eigenvalue weighted by Crippen LogP contribution is -2.39. The quantitative estimate of drug-likeness (QED) is 0.905. The van der Waals surface area contributed by atoms with Crippen molar-refractivity contribution in [2.45, 2.75) is 51.7 Å². The molecule has 138 valence electrons. The Morgan fingerprint density at radius 3 is 2.31 bits per heavy atom. The zero-order valence-electron chi connectivity index (χ0n) is 14.8. The van der Waals surface area contributed by atoms with Gasteiger partial charge in [-0.1, -0.05) is 0 Å². The van der Waals surface area contributed by atoms with Crippen molar-refractivity contribution in [2.75, 3.05) is 0 Å². The number of hydrogen-bond acceptors (Lipinski definition) is 4. The lowest BCUT2D eigenvalue weighted by Gasteiger charge is -2.29. The van der Waals surface area contributed by atoms with Crippen LogP contribution < -0.4 is 10.1 Å². The van der Waals surface area contributed by atoms with E-state index >= 15 is 0 Å². The number of benzene rings is 1. The lowest BCUT2D eigenvalue weighted by molar-refractivity contribution is 0.0884. The van der Waals surface area contributed by atoms with Crippen molar-refractivity contribution in [1.82, 2.24) is 15.3 Å². The number of halogens is 2. The minimum atomic E-state index is -1.02. The standard InChI is InChI=1S/C19H21F2N3O2/c1-11-9-12(2)23-19(22-11)26-15-6-4-14(5-7-15)24-18(25)13-3-8-16(20)17(21)10-13/h3,8-10,14-15H,4-7H2,1-2H3,(H,24,25). The monoisotopic (exact) mass is 361 g/mol. The third-order valence-corrected chi connectivity index (χ3v) is 4.43. The molecule has 0 saturated heterocycles. The highest BCUT2D eigenvalue weighted by Crippen LogP contribution is 2.23. The van der Waals surface area contributed by atoms with E-state index in [0.29, 0.717) is 6.01 Å². The molecule has 1 N–H and O–H groups in total. The first-order valence-electron chi connectivity index (χ1n) is 8.65. The smallest absolute Gasteiger partial charge is 0.317 e. The van der Waals surface area contributed by atoms with Gasteiger partial charge in [0.1, 0.15) is 6.10 Å². The number of nitrogens with zero attached hydrogens (tertiary/aromatic N) is 2. The van der Waals surface area contributed by atoms with E-state index in [2.05, 4.69) is 15.3 Å². The SMILES string of the molecule is Cc1cc(C)nc(OC2CCC(NC(=O)c3ccc(F)c(F)c3)CC2)n1. The number of nitrogens with one attached hydrogen (secondary N) is 1. The summed E-state index contributed by atoms with van der Waals surface area (Å²) in [6.07, 6.45) is 3.01. The number of carbonyl (C=O) groups excluding carboxylic acids is 1. The van der Waals surface area contributed by atoms with E-state index in [1.54, 1.807) is 0 Å². The fraction of sp³-hybridized carbons (Fsp3) is 0.421. The normalized spacial score (nSPS) is 19.8. The highest BCUT2D eigenvalue weighted by Gasteiger charge is 2.25. The van der Waals surface area contributed by atoms with Crippen molar-refractivity contribution in [3.05, 3.63) is 52.9 Å². The molecule has 5 nitrogen and oxygen atoms in total. The second-order valence-corrected chi connectivity index (χ2v) is 6.63. The summed E-state index contributed by atoms with van der Waals surface area (Å²) in [7, 11) is 0. The summed E-state index contributed by atoms with van der Waals surface area (Å²) < 4.78 is 32.1. The van der Waals surface area contributed by atoms with Gasteiger partial charge in [0.15, 0.2) is 11.6 Å². The molecule has 7 heteroatoms. The molecule has 1 aliphatic carbocycles. The number of hydrogen-bond donors (Lipinski definition) is 1. The Morgan fingerprint density at radius 2 is 1.69 bits per heavy atom. The Hall–Kier alpha value is -2.57. The van der Waals surface area contributed by atoms with Crippen molar-refractivity contribution >= 4 is 5.91 Å². The molecule has 0 atom stereocenters. The van der Waals surface area contributed by atoms with Crippen LogP contribution >= 0.6 is 0 Å². The van der Waals surface area contributed by atoms with E-state index < -0.39 is 17.5 Å². The average Bonchev–Trinajstić information content (AvgIpc) is 2.58. The van der Waals surface area contributed by atoms with Gasteiger partial charge in [0.2, 0.25) is 0 Å². The second kappa shape index (κ2) is 7.76. The van der Waals surface area contributed by atoms with E-state index in [-0.39, 0.29) is 17.7 Å². The van der Waals surface area contributed by atoms with E-state index in [9.17, 15) is 13.6 Å². The van der Waals surface area contributed by atoms with Gasteiger partial charge in [-0.3, -0.25) is 4.79 Å². The van der Waals surface area contributed by atoms with Gasteiger partial charge in [-0.2, -0.15) is 0 Å². The molecule has 1 saturated carbocycles. The van der Waals surface area contributed by atoms with Gasteiger partial charge in [-0.25, -0.2) is 18.7 Å². The largest absolute Gasteiger partial charge is 0.460 e. The van der Waals surface area contributed by atoms with E-state index in [1.807, 2.05) is 19.9 Å². The first kappa shape index (κ1) is 18.2. The number of ether oxygens (including phenoxy) is 1. The Labute approximate surface area is 150 Å². The minimum Gasteiger partial charge on any atom is -0.460 e. The molecule has 1 aromatic heterocycles. The average molecular weight is 361 g/mol. The fourth-order valence-electron chi connectivity index (χ4n) is 3.13. The molecule has 1 heterocycles. The van der Waals surface area contributed by atoms with Crippen LogP contribution in [0.25, 0.3) is 0 Å². The molecule has 26 heavy (non-hydrogen) atoms. The zero-order valence-corrected chi connectivity index (χ0v) is 14.8. The third kappa shape index (κ3) is 4.53. The number of amides is 1. The molecule has 1 aliphatic rings. The summed E-state index contributed by atoms with van der Waals surface area (Å²) in [5, 5.41) is 2.87. The van der Waals surface area contributed by atoms with Crippen molar-refractivity contribution in [1.29, 1.82) is 0 Å². The van der Waals surface area contributed by atoms with Gasteiger partial charge in [-0.15, -0.1) is 0 Å². The van der Waals surface area contributed by atoms with E-state index in [0.717, 1.165) is 49.2 Å². The molecule has 3 rings (SSSR count). The van der Waals surface area contributed by atoms with Crippen LogP contribution in [0.1, 0.15) is 47.4 Å². The van der Waals surface area contributed by atoms with E-state index in [1.165, 1.54) is 6.07 Å². The summed E-state index contributed by atoms with van der Waals surface area (Å²) in [6, 6.07) is 5.40. The Balaban J connectivity index is 1.51. The molecule has 1 fully saturated rings. The number of aryl methyl sites for hydroxylation is 2. The maximum atomic E-state index is 13.2. The number of aromatic nitrogens is 2. The zero-order chi connectivity index (χ0) is 18.7. The maximum absolute atomic E-state index is 13.2. The molecule has 0 spiro atoms. The van der Waals surface area contributed by atoms with Gasteiger partial charge < -0.3 is 10.1 Å². The Bertz CT molecular complexity index is 785. The second-order valence-electron chi connectivity index (χ2n) is 6.63. The van der Waals surface area contributed by atoms with Crippen LogP contribution in [0.3, 0.4) is 0 Å². The summed E-state index contributed by atoms with van der Waals surface area (Å²) >= 11 is 0. The molecule has 1 aromatic carbocycles. The molecule has 1 amide bonds. The first-order valence-corrected chi connectivity index (χ1v) is 8.65. The maximum Gasteiger partial charge on any atom is 0.317 e. The van der Waals surface area contributed by atoms with Crippen molar-refractivity contribution < 1.29 is 18.3 Å². The summed E-state index contributed by atoms with van der Waals surface area (Å²) in [5.74, 6) is -2.39. The van der Waals surface area contributed by atoms with Gasteiger partial charge in [0.25, 0.3) is 5.91 Å². The highest BCUT2D eigenvalue weighted by atomic mass is 19.2. The predicted octanol–water partition coefficient (Wildman–Crippen LogP) is 3.49. The molecule has 0 bridgehead atoms. The Morgan fingerprint density at radius 1 is 1.04 bits per heavy atom. The van der Waals surface area contributed by atoms with Crippen molar-refractivity contribution in [3.63, 3.8) is 0 Å². The number of rotatable bonds is 4. The molecular weight excluding hydrogens is 340 g/mol. The third-order valence-electron chi connectivity index (χ3n) is 4.43. The summed E-state index contributed by atoms with van der Waals surface area (Å²) in [6.45, 7) is 3.79. The van der Waals surface area contributed by atoms with Crippen LogP contribution in [-0.2, 0) is 0 Å². The van der Waals surface area contributed by atoms with Crippen molar-refractivity contribution in [3.8, 4) is 6.01 Å². The summed E-state index contributed by atoms with van der Waals surface area (Å²) in [4.78, 5) is 20.7. The van der Waals surface area contributed by atoms with Crippen LogP contribution in [0.15, 0.2) is 24.3 Å². The van der Waals surface area contributed by atoms with Gasteiger partial charge in [-0.05, 0) is 63.8 Å². The summed E-state index contributed by atoms with van der Waals surface area (Å²) in [5.41, 5.74) is 1.84. The van der Waals surface area contributed by atoms with Crippen LogP contribution in [-0.4, -0.2) is 28.0 Å². The number of carbonyl (C=O) groups is 1. The van der Waals surface area contributed by atoms with Crippen LogP contribution in [0.2, 0.25) is 0 Å². The molecule has 2 aromatic rings. The van der Waals surface area contributed by atoms with E-state index in [4.69, 9.17) is 4.74 Å². The van der Waals surface area contributed by atoms with Crippen LogP contribution in [0, 0.1) is 25.5 Å². The topological polar surface area (TPSA) is 64.1 Å². The van der Waals surface area contributed by atoms with Gasteiger partial charge >= 0.3 is 6.01 Å². The van der Waals surface area contributed by atoms with Gasteiger partial charge in [0, 0.05) is 23.0 Å². The molecule has 0 radical (unpaired) electrons. The Kier molecular flexibility index (Phi) is 5.44. The minimum absolute atomic E-state index is 0.00705. The molecular formula is C19H21F2N3O2. The highest BCUT2D eigenvalue weighted by molar-refractivity contribution is 5.94. The van der Waals surface area contributed by atoms with Crippen LogP contribution in [0.4, 0.5) is 8.78 Å². The lowest BCUT2D eigenvalue weighted by atomic mass is 9.92. The first-order chi connectivity index (χ1) is 12.4. The predicted molar refractivity (Wildman–Crippen MR) is 92.0 cm³/mol. The molecule has 0 unspecified atom stereocenters. The van der Waals surface area contributed by atoms with Gasteiger partial charge in [0.05, 0.1) is 0 Å². The molecule has 0 aliphatic heterocycles. The van der Waals surface area contributed by atoms with Crippen LogP contribution in [0.5, 0.6) is 6.01 Å². The fourth-order valence-corrected chi connectivity index (χ4v) is 3.13. The van der Waals surface area contributed by atoms with Crippen molar-refractivity contribution in [2.24, 2.45) is 0 Å².